The molecule has 1 rings (SSSR count). The predicted octanol–water partition coefficient (Wildman–Crippen LogP) is 2.88. The normalized spacial score (nSPS) is 11.4. The molecule has 0 aromatic heterocycles. The van der Waals surface area contributed by atoms with Crippen molar-refractivity contribution in [1.82, 2.24) is 0 Å². The number of rotatable bonds is 3. The first-order chi connectivity index (χ1) is 6.56. The van der Waals surface area contributed by atoms with Gasteiger partial charge < -0.3 is 5.11 Å². The van der Waals surface area contributed by atoms with E-state index in [-0.39, 0.29) is 18.3 Å². The molecule has 0 aliphatic heterocycles. The molecular formula is C12H16FO. The second-order valence-electron chi connectivity index (χ2n) is 3.83. The third kappa shape index (κ3) is 2.32. The lowest BCUT2D eigenvalue weighted by Gasteiger charge is -2.11. The van der Waals surface area contributed by atoms with E-state index in [2.05, 4.69) is 0 Å². The summed E-state index contributed by atoms with van der Waals surface area (Å²) < 4.78 is 13.5. The topological polar surface area (TPSA) is 20.2 Å². The molecule has 14 heavy (non-hydrogen) atoms. The van der Waals surface area contributed by atoms with Crippen molar-refractivity contribution in [1.29, 1.82) is 0 Å². The van der Waals surface area contributed by atoms with Crippen LogP contribution in [0.5, 0.6) is 0 Å². The molecule has 77 valence electrons. The van der Waals surface area contributed by atoms with Gasteiger partial charge in [-0.15, -0.1) is 0 Å². The summed E-state index contributed by atoms with van der Waals surface area (Å²) in [5.74, 6) is 0.794. The van der Waals surface area contributed by atoms with Crippen molar-refractivity contribution in [2.75, 3.05) is 6.61 Å². The van der Waals surface area contributed by atoms with Gasteiger partial charge in [-0.1, -0.05) is 32.9 Å². The lowest BCUT2D eigenvalue weighted by molar-refractivity contribution is 0.315. The van der Waals surface area contributed by atoms with Crippen LogP contribution in [0.3, 0.4) is 0 Å². The lowest BCUT2D eigenvalue weighted by Crippen LogP contribution is -2.02. The third-order valence-corrected chi connectivity index (χ3v) is 2.35. The predicted molar refractivity (Wildman–Crippen MR) is 55.6 cm³/mol. The zero-order valence-corrected chi connectivity index (χ0v) is 8.84. The highest BCUT2D eigenvalue weighted by atomic mass is 19.1. The summed E-state index contributed by atoms with van der Waals surface area (Å²) in [4.78, 5) is 0. The molecule has 0 heterocycles. The van der Waals surface area contributed by atoms with Gasteiger partial charge in [0, 0.05) is 5.92 Å². The Morgan fingerprint density at radius 1 is 1.43 bits per heavy atom. The molecule has 0 fully saturated rings. The van der Waals surface area contributed by atoms with Crippen molar-refractivity contribution < 1.29 is 9.50 Å². The van der Waals surface area contributed by atoms with Gasteiger partial charge in [-0.05, 0) is 23.1 Å². The van der Waals surface area contributed by atoms with E-state index in [4.69, 9.17) is 5.11 Å². The maximum Gasteiger partial charge on any atom is 0.126 e. The Hall–Kier alpha value is -0.890. The average Bonchev–Trinajstić information content (AvgIpc) is 2.15. The van der Waals surface area contributed by atoms with E-state index in [0.29, 0.717) is 0 Å². The molecule has 1 aromatic rings. The van der Waals surface area contributed by atoms with Gasteiger partial charge in [-0.2, -0.15) is 0 Å². The Kier molecular flexibility index (Phi) is 3.64. The molecule has 1 radical (unpaired) electrons. The Balaban J connectivity index is 3.00. The van der Waals surface area contributed by atoms with Crippen LogP contribution >= 0.6 is 0 Å². The smallest absolute Gasteiger partial charge is 0.126 e. The van der Waals surface area contributed by atoms with E-state index in [9.17, 15) is 4.39 Å². The van der Waals surface area contributed by atoms with Gasteiger partial charge in [0.1, 0.15) is 5.82 Å². The first-order valence-corrected chi connectivity index (χ1v) is 4.79. The second-order valence-corrected chi connectivity index (χ2v) is 3.83. The Labute approximate surface area is 84.6 Å². The van der Waals surface area contributed by atoms with Gasteiger partial charge in [0.05, 0.1) is 6.61 Å². The third-order valence-electron chi connectivity index (χ3n) is 2.35. The number of benzene rings is 1. The van der Waals surface area contributed by atoms with Crippen LogP contribution in [-0.4, -0.2) is 11.7 Å². The highest BCUT2D eigenvalue weighted by Gasteiger charge is 2.10. The van der Waals surface area contributed by atoms with Crippen molar-refractivity contribution in [2.24, 2.45) is 0 Å². The largest absolute Gasteiger partial charge is 0.395 e. The molecular weight excluding hydrogens is 179 g/mol. The van der Waals surface area contributed by atoms with Gasteiger partial charge in [0.15, 0.2) is 0 Å². The number of aliphatic hydroxyl groups excluding tert-OH is 1. The minimum atomic E-state index is -0.190. The van der Waals surface area contributed by atoms with Gasteiger partial charge in [0.2, 0.25) is 0 Å². The summed E-state index contributed by atoms with van der Waals surface area (Å²) in [5.41, 5.74) is 1.49. The average molecular weight is 195 g/mol. The molecule has 1 N–H and O–H groups in total. The Morgan fingerprint density at radius 3 is 2.50 bits per heavy atom. The van der Waals surface area contributed by atoms with E-state index in [1.807, 2.05) is 19.9 Å². The van der Waals surface area contributed by atoms with Crippen LogP contribution in [0, 0.1) is 11.7 Å². The number of aliphatic hydroxyl groups is 1. The highest BCUT2D eigenvalue weighted by Crippen LogP contribution is 2.22. The molecule has 0 saturated carbocycles. The quantitative estimate of drug-likeness (QED) is 0.786. The summed E-state index contributed by atoms with van der Waals surface area (Å²) >= 11 is 0. The van der Waals surface area contributed by atoms with Crippen LogP contribution < -0.4 is 0 Å². The van der Waals surface area contributed by atoms with E-state index in [1.54, 1.807) is 13.0 Å². The fourth-order valence-electron chi connectivity index (χ4n) is 1.35. The number of halogens is 1. The maximum absolute atomic E-state index is 13.5. The zero-order valence-electron chi connectivity index (χ0n) is 8.84. The summed E-state index contributed by atoms with van der Waals surface area (Å²) in [6, 6.07) is 5.12. The van der Waals surface area contributed by atoms with Crippen LogP contribution in [0.2, 0.25) is 0 Å². The van der Waals surface area contributed by atoms with E-state index in [1.165, 1.54) is 6.07 Å². The highest BCUT2D eigenvalue weighted by molar-refractivity contribution is 5.34. The van der Waals surface area contributed by atoms with Crippen molar-refractivity contribution in [3.05, 3.63) is 41.1 Å². The summed E-state index contributed by atoms with van der Waals surface area (Å²) in [6.07, 6.45) is 0. The summed E-state index contributed by atoms with van der Waals surface area (Å²) in [7, 11) is 0. The molecule has 0 atom stereocenters. The van der Waals surface area contributed by atoms with Crippen molar-refractivity contribution in [3.63, 3.8) is 0 Å². The number of hydrogen-bond acceptors (Lipinski definition) is 1. The fraction of sp³-hybridized carbons (Fsp3) is 0.417. The van der Waals surface area contributed by atoms with Gasteiger partial charge in [-0.25, -0.2) is 4.39 Å². The molecule has 0 aliphatic carbocycles. The minimum absolute atomic E-state index is 0.0273. The van der Waals surface area contributed by atoms with Crippen molar-refractivity contribution in [2.45, 2.75) is 26.7 Å². The molecule has 0 saturated heterocycles. The monoisotopic (exact) mass is 195 g/mol. The van der Waals surface area contributed by atoms with Crippen molar-refractivity contribution in [3.8, 4) is 0 Å². The summed E-state index contributed by atoms with van der Waals surface area (Å²) in [5, 5.41) is 8.90. The zero-order chi connectivity index (χ0) is 10.7. The molecule has 0 spiro atoms. The second kappa shape index (κ2) is 4.56. The molecule has 0 aliphatic rings. The van der Waals surface area contributed by atoms with E-state index < -0.39 is 0 Å². The molecule has 0 amide bonds. The standard InChI is InChI=1S/C12H16FO/c1-8(2)11-5-4-10(6-12(11)13)9(3)7-14/h4-6,8,14H,7H2,1-3H3. The van der Waals surface area contributed by atoms with Crippen molar-refractivity contribution >= 4 is 0 Å². The van der Waals surface area contributed by atoms with Crippen LogP contribution in [-0.2, 0) is 0 Å². The number of hydrogen-bond donors (Lipinski definition) is 1. The van der Waals surface area contributed by atoms with E-state index in [0.717, 1.165) is 17.0 Å². The molecule has 2 heteroatoms. The first-order valence-electron chi connectivity index (χ1n) is 4.79. The van der Waals surface area contributed by atoms with Crippen LogP contribution in [0.1, 0.15) is 37.8 Å². The molecule has 1 nitrogen and oxygen atoms in total. The van der Waals surface area contributed by atoms with Gasteiger partial charge >= 0.3 is 0 Å². The molecule has 0 bridgehead atoms. The summed E-state index contributed by atoms with van der Waals surface area (Å²) in [6.45, 7) is 5.69. The minimum Gasteiger partial charge on any atom is -0.395 e. The Morgan fingerprint density at radius 2 is 2.07 bits per heavy atom. The van der Waals surface area contributed by atoms with Gasteiger partial charge in [0.25, 0.3) is 0 Å². The maximum atomic E-state index is 13.5. The SMILES string of the molecule is C[C](CO)c1ccc(C(C)C)c(F)c1. The Bertz CT molecular complexity index is 307. The first kappa shape index (κ1) is 11.2. The lowest BCUT2D eigenvalue weighted by atomic mass is 9.96. The van der Waals surface area contributed by atoms with Gasteiger partial charge in [-0.3, -0.25) is 0 Å². The van der Waals surface area contributed by atoms with Crippen LogP contribution in [0.15, 0.2) is 18.2 Å². The van der Waals surface area contributed by atoms with Crippen LogP contribution in [0.25, 0.3) is 0 Å². The molecule has 1 aromatic carbocycles. The van der Waals surface area contributed by atoms with E-state index >= 15 is 0 Å². The molecule has 0 unspecified atom stereocenters. The van der Waals surface area contributed by atoms with Crippen LogP contribution in [0.4, 0.5) is 4.39 Å². The fourth-order valence-corrected chi connectivity index (χ4v) is 1.35.